The Bertz CT molecular complexity index is 3140. The van der Waals surface area contributed by atoms with Gasteiger partial charge in [-0.15, -0.1) is 0 Å². The van der Waals surface area contributed by atoms with E-state index in [1.54, 1.807) is 0 Å². The lowest BCUT2D eigenvalue weighted by atomic mass is 10.0. The zero-order valence-corrected chi connectivity index (χ0v) is 35.8. The van der Waals surface area contributed by atoms with Crippen molar-refractivity contribution in [3.05, 3.63) is 267 Å². The molecular weight excluding hydrogens is 777 g/mol. The molecule has 0 saturated heterocycles. The summed E-state index contributed by atoms with van der Waals surface area (Å²) in [6, 6.07) is 97.7. The number of hydrogen-bond donors (Lipinski definition) is 0. The van der Waals surface area contributed by atoms with E-state index in [2.05, 4.69) is 276 Å². The molecule has 11 aromatic rings. The third kappa shape index (κ3) is 6.76. The third-order valence-electron chi connectivity index (χ3n) is 12.6. The molecule has 0 radical (unpaired) electrons. The Morgan fingerprint density at radius 2 is 0.667 bits per heavy atom. The van der Waals surface area contributed by atoms with Crippen molar-refractivity contribution in [3.63, 3.8) is 0 Å². The van der Waals surface area contributed by atoms with Gasteiger partial charge in [-0.1, -0.05) is 212 Å². The number of para-hydroxylation sites is 3. The molecule has 0 amide bonds. The Morgan fingerprint density at radius 1 is 0.286 bits per heavy atom. The van der Waals surface area contributed by atoms with Crippen molar-refractivity contribution < 1.29 is 0 Å². The van der Waals surface area contributed by atoms with Gasteiger partial charge < -0.3 is 9.47 Å². The van der Waals surface area contributed by atoms with Crippen LogP contribution < -0.4 is 25.6 Å². The van der Waals surface area contributed by atoms with Gasteiger partial charge in [-0.25, -0.2) is 0 Å². The fourth-order valence-electron chi connectivity index (χ4n) is 9.69. The minimum absolute atomic E-state index is 1.09. The summed E-state index contributed by atoms with van der Waals surface area (Å²) < 4.78 is 2.37. The van der Waals surface area contributed by atoms with Gasteiger partial charge in [0.2, 0.25) is 0 Å². The largest absolute Gasteiger partial charge is 0.310 e. The van der Waals surface area contributed by atoms with Gasteiger partial charge in [0.05, 0.1) is 16.7 Å². The molecule has 0 bridgehead atoms. The van der Waals surface area contributed by atoms with Gasteiger partial charge in [0.15, 0.2) is 8.07 Å². The number of nitrogens with zero attached hydrogens (tertiary/aromatic N) is 2. The summed E-state index contributed by atoms with van der Waals surface area (Å²) in [4.78, 5) is 2.41. The predicted molar refractivity (Wildman–Crippen MR) is 270 cm³/mol. The highest BCUT2D eigenvalue weighted by atomic mass is 28.3. The molecule has 2 nitrogen and oxygen atoms in total. The molecule has 0 spiro atoms. The molecule has 298 valence electrons. The van der Waals surface area contributed by atoms with Gasteiger partial charge in [0.1, 0.15) is 0 Å². The van der Waals surface area contributed by atoms with Crippen LogP contribution in [0.15, 0.2) is 267 Å². The van der Waals surface area contributed by atoms with Crippen LogP contribution in [0, 0.1) is 0 Å². The quantitative estimate of drug-likeness (QED) is 0.0985. The molecule has 0 aliphatic rings. The first kappa shape index (κ1) is 38.0. The first-order valence-electron chi connectivity index (χ1n) is 21.7. The van der Waals surface area contributed by atoms with E-state index >= 15 is 0 Å². The summed E-state index contributed by atoms with van der Waals surface area (Å²) in [5, 5.41) is 7.96. The standard InChI is InChI=1S/C60H44N2Si/c1-5-19-47(20-6-1)55-27-13-16-30-58(55)61(49-41-43-54(44-42-49)63(51-21-7-2-8-22-51,52-23-9-3-10-24-52)53-25-11-4-12-26-53)48-37-33-45(34-38-48)46-35-39-50(40-36-46)62-59-31-17-14-28-56(59)57-29-15-18-32-60(57)62/h1-44H. The van der Waals surface area contributed by atoms with E-state index in [0.717, 1.165) is 22.7 Å². The average Bonchev–Trinajstić information content (AvgIpc) is 3.71. The Kier molecular flexibility index (Phi) is 9.93. The van der Waals surface area contributed by atoms with Crippen LogP contribution in [0.2, 0.25) is 0 Å². The predicted octanol–water partition coefficient (Wildman–Crippen LogP) is 13.0. The van der Waals surface area contributed by atoms with Crippen LogP contribution in [0.5, 0.6) is 0 Å². The van der Waals surface area contributed by atoms with Crippen LogP contribution >= 0.6 is 0 Å². The summed E-state index contributed by atoms with van der Waals surface area (Å²) in [7, 11) is -2.69. The Morgan fingerprint density at radius 3 is 1.17 bits per heavy atom. The Balaban J connectivity index is 1.01. The molecule has 63 heavy (non-hydrogen) atoms. The minimum Gasteiger partial charge on any atom is -0.310 e. The lowest BCUT2D eigenvalue weighted by Crippen LogP contribution is -2.74. The molecule has 1 heterocycles. The first-order chi connectivity index (χ1) is 31.3. The van der Waals surface area contributed by atoms with Crippen LogP contribution in [0.1, 0.15) is 0 Å². The van der Waals surface area contributed by atoms with Crippen molar-refractivity contribution in [1.29, 1.82) is 0 Å². The molecule has 0 saturated carbocycles. The van der Waals surface area contributed by atoms with Crippen LogP contribution in [-0.4, -0.2) is 12.6 Å². The van der Waals surface area contributed by atoms with Crippen LogP contribution in [0.4, 0.5) is 17.1 Å². The van der Waals surface area contributed by atoms with E-state index in [0.29, 0.717) is 0 Å². The van der Waals surface area contributed by atoms with Gasteiger partial charge in [-0.05, 0) is 92.0 Å². The van der Waals surface area contributed by atoms with E-state index in [1.165, 1.54) is 64.8 Å². The number of fused-ring (bicyclic) bond motifs is 3. The average molecular weight is 821 g/mol. The van der Waals surface area contributed by atoms with E-state index in [9.17, 15) is 0 Å². The fraction of sp³-hybridized carbons (Fsp3) is 0. The molecular formula is C60H44N2Si. The Hall–Kier alpha value is -7.98. The van der Waals surface area contributed by atoms with Crippen molar-refractivity contribution in [2.24, 2.45) is 0 Å². The SMILES string of the molecule is c1ccc(-c2ccccc2N(c2ccc(-c3ccc(-n4c5ccccc5c5ccccc54)cc3)cc2)c2ccc([Si](c3ccccc3)(c3ccccc3)c3ccccc3)cc2)cc1. The fourth-order valence-corrected chi connectivity index (χ4v) is 14.4. The molecule has 0 atom stereocenters. The molecule has 1 aromatic heterocycles. The molecule has 0 fully saturated rings. The number of anilines is 3. The van der Waals surface area contributed by atoms with E-state index in [-0.39, 0.29) is 0 Å². The molecule has 0 unspecified atom stereocenters. The summed E-state index contributed by atoms with van der Waals surface area (Å²) in [6.45, 7) is 0. The Labute approximate surface area is 370 Å². The molecule has 3 heteroatoms. The maximum Gasteiger partial charge on any atom is 0.179 e. The van der Waals surface area contributed by atoms with Gasteiger partial charge >= 0.3 is 0 Å². The number of rotatable bonds is 10. The second-order valence-corrected chi connectivity index (χ2v) is 19.9. The molecule has 11 rings (SSSR count). The highest BCUT2D eigenvalue weighted by Gasteiger charge is 2.41. The lowest BCUT2D eigenvalue weighted by Gasteiger charge is -2.35. The summed E-state index contributed by atoms with van der Waals surface area (Å²) >= 11 is 0. The summed E-state index contributed by atoms with van der Waals surface area (Å²) in [6.07, 6.45) is 0. The van der Waals surface area contributed by atoms with Crippen molar-refractivity contribution >= 4 is 67.7 Å². The molecule has 10 aromatic carbocycles. The third-order valence-corrected chi connectivity index (χ3v) is 17.4. The van der Waals surface area contributed by atoms with E-state index < -0.39 is 8.07 Å². The van der Waals surface area contributed by atoms with Gasteiger partial charge in [0.25, 0.3) is 0 Å². The van der Waals surface area contributed by atoms with Gasteiger partial charge in [0, 0.05) is 33.4 Å². The molecule has 0 aliphatic heterocycles. The van der Waals surface area contributed by atoms with Crippen LogP contribution in [0.3, 0.4) is 0 Å². The zero-order valence-electron chi connectivity index (χ0n) is 34.8. The topological polar surface area (TPSA) is 8.17 Å². The maximum absolute atomic E-state index is 2.69. The maximum atomic E-state index is 2.41. The summed E-state index contributed by atoms with van der Waals surface area (Å²) in [5.41, 5.74) is 11.6. The molecule has 0 aliphatic carbocycles. The highest BCUT2D eigenvalue weighted by molar-refractivity contribution is 7.19. The normalized spacial score (nSPS) is 11.5. The van der Waals surface area contributed by atoms with Gasteiger partial charge in [-0.3, -0.25) is 0 Å². The second-order valence-electron chi connectivity index (χ2n) is 16.1. The number of benzene rings is 10. The van der Waals surface area contributed by atoms with Crippen molar-refractivity contribution in [2.45, 2.75) is 0 Å². The van der Waals surface area contributed by atoms with Gasteiger partial charge in [-0.2, -0.15) is 0 Å². The van der Waals surface area contributed by atoms with Crippen LogP contribution in [-0.2, 0) is 0 Å². The zero-order chi connectivity index (χ0) is 42.0. The lowest BCUT2D eigenvalue weighted by molar-refractivity contribution is 1.18. The minimum atomic E-state index is -2.69. The van der Waals surface area contributed by atoms with Crippen molar-refractivity contribution in [3.8, 4) is 27.9 Å². The summed E-state index contributed by atoms with van der Waals surface area (Å²) in [5.74, 6) is 0. The second kappa shape index (κ2) is 16.5. The smallest absolute Gasteiger partial charge is 0.179 e. The molecule has 0 N–H and O–H groups in total. The first-order valence-corrected chi connectivity index (χ1v) is 23.7. The number of hydrogen-bond acceptors (Lipinski definition) is 1. The van der Waals surface area contributed by atoms with Crippen LogP contribution in [0.25, 0.3) is 49.7 Å². The van der Waals surface area contributed by atoms with E-state index in [1.807, 2.05) is 0 Å². The number of aromatic nitrogens is 1. The highest BCUT2D eigenvalue weighted by Crippen LogP contribution is 2.41. The van der Waals surface area contributed by atoms with Crippen molar-refractivity contribution in [2.75, 3.05) is 4.90 Å². The van der Waals surface area contributed by atoms with E-state index in [4.69, 9.17) is 0 Å². The monoisotopic (exact) mass is 820 g/mol. The van der Waals surface area contributed by atoms with Crippen molar-refractivity contribution in [1.82, 2.24) is 4.57 Å².